The fourth-order valence-electron chi connectivity index (χ4n) is 4.49. The molecule has 2 aromatic heterocycles. The van der Waals surface area contributed by atoms with Crippen LogP contribution in [0, 0.1) is 19.8 Å². The van der Waals surface area contributed by atoms with E-state index >= 15 is 0 Å². The maximum Gasteiger partial charge on any atom is 0.303 e. The molecule has 164 valence electrons. The van der Waals surface area contributed by atoms with Crippen LogP contribution in [0.1, 0.15) is 36.9 Å². The maximum absolute atomic E-state index is 10.9. The summed E-state index contributed by atoms with van der Waals surface area (Å²) in [6, 6.07) is 5.81. The van der Waals surface area contributed by atoms with Gasteiger partial charge in [-0.15, -0.1) is 0 Å². The lowest BCUT2D eigenvalue weighted by molar-refractivity contribution is -0.137. The predicted octanol–water partition coefficient (Wildman–Crippen LogP) is 6.79. The molecule has 8 heteroatoms. The summed E-state index contributed by atoms with van der Waals surface area (Å²) in [5.74, 6) is -0.243. The third-order valence-corrected chi connectivity index (χ3v) is 7.03. The Balaban J connectivity index is 1.72. The van der Waals surface area contributed by atoms with Crippen LogP contribution in [0.5, 0.6) is 0 Å². The summed E-state index contributed by atoms with van der Waals surface area (Å²) >= 11 is 16.6. The first-order chi connectivity index (χ1) is 14.7. The number of hydrogen-bond acceptors (Lipinski definition) is 3. The Morgan fingerprint density at radius 3 is 2.45 bits per heavy atom. The van der Waals surface area contributed by atoms with Crippen molar-refractivity contribution in [2.45, 2.75) is 39.5 Å². The van der Waals surface area contributed by atoms with E-state index in [1.54, 1.807) is 0 Å². The topological polar surface area (TPSA) is 58.4 Å². The molecule has 3 aromatic rings. The standard InChI is InChI=1S/C23H24BrCl2N3O2/c1-13-12-29(22-17(25)10-16(24)11-18(22)26)23-21(13)19(9-14(2)27-23)28-7-5-15(6-8-28)3-4-20(30)31/h9-12,15H,3-8H2,1-2H3,(H,30,31). The number of aromatic nitrogens is 2. The third-order valence-electron chi connectivity index (χ3n) is 6.00. The van der Waals surface area contributed by atoms with Gasteiger partial charge in [0.05, 0.1) is 15.7 Å². The summed E-state index contributed by atoms with van der Waals surface area (Å²) in [7, 11) is 0. The van der Waals surface area contributed by atoms with Gasteiger partial charge in [0, 0.05) is 46.9 Å². The molecule has 4 rings (SSSR count). The van der Waals surface area contributed by atoms with Gasteiger partial charge in [-0.25, -0.2) is 4.98 Å². The molecule has 1 saturated heterocycles. The van der Waals surface area contributed by atoms with Crippen LogP contribution in [-0.2, 0) is 4.79 Å². The Labute approximate surface area is 200 Å². The normalized spacial score (nSPS) is 15.1. The molecule has 0 amide bonds. The van der Waals surface area contributed by atoms with Crippen molar-refractivity contribution in [2.24, 2.45) is 5.92 Å². The van der Waals surface area contributed by atoms with Crippen LogP contribution in [0.4, 0.5) is 5.69 Å². The highest BCUT2D eigenvalue weighted by Crippen LogP contribution is 2.39. The van der Waals surface area contributed by atoms with Crippen molar-refractivity contribution in [3.63, 3.8) is 0 Å². The second-order valence-corrected chi connectivity index (χ2v) is 9.97. The smallest absolute Gasteiger partial charge is 0.303 e. The van der Waals surface area contributed by atoms with E-state index in [-0.39, 0.29) is 6.42 Å². The molecule has 0 bridgehead atoms. The van der Waals surface area contributed by atoms with E-state index in [4.69, 9.17) is 33.3 Å². The van der Waals surface area contributed by atoms with Gasteiger partial charge in [0.1, 0.15) is 5.65 Å². The fourth-order valence-corrected chi connectivity index (χ4v) is 5.88. The van der Waals surface area contributed by atoms with E-state index < -0.39 is 5.97 Å². The summed E-state index contributed by atoms with van der Waals surface area (Å²) in [5, 5.41) is 11.2. The van der Waals surface area contributed by atoms with Crippen molar-refractivity contribution in [1.29, 1.82) is 0 Å². The number of piperidine rings is 1. The molecule has 0 atom stereocenters. The van der Waals surface area contributed by atoms with E-state index in [0.29, 0.717) is 16.0 Å². The molecule has 1 aromatic carbocycles. The average Bonchev–Trinajstić information content (AvgIpc) is 3.01. The molecule has 0 spiro atoms. The summed E-state index contributed by atoms with van der Waals surface area (Å²) in [5.41, 5.74) is 4.77. The van der Waals surface area contributed by atoms with Gasteiger partial charge in [-0.2, -0.15) is 0 Å². The molecule has 0 saturated carbocycles. The molecule has 1 N–H and O–H groups in total. The minimum atomic E-state index is -0.712. The van der Waals surface area contributed by atoms with Gasteiger partial charge in [-0.3, -0.25) is 9.36 Å². The van der Waals surface area contributed by atoms with E-state index in [1.807, 2.05) is 29.8 Å². The second kappa shape index (κ2) is 9.00. The van der Waals surface area contributed by atoms with Crippen molar-refractivity contribution in [1.82, 2.24) is 9.55 Å². The summed E-state index contributed by atoms with van der Waals surface area (Å²) in [6.07, 6.45) is 5.05. The van der Waals surface area contributed by atoms with E-state index in [0.717, 1.165) is 64.8 Å². The quantitative estimate of drug-likeness (QED) is 0.399. The third kappa shape index (κ3) is 4.57. The first-order valence-corrected chi connectivity index (χ1v) is 11.9. The highest BCUT2D eigenvalue weighted by molar-refractivity contribution is 9.10. The molecule has 31 heavy (non-hydrogen) atoms. The number of benzene rings is 1. The van der Waals surface area contributed by atoms with Gasteiger partial charge in [-0.05, 0) is 62.8 Å². The number of fused-ring (bicyclic) bond motifs is 1. The predicted molar refractivity (Wildman–Crippen MR) is 130 cm³/mol. The fraction of sp³-hybridized carbons (Fsp3) is 0.391. The average molecular weight is 525 g/mol. The lowest BCUT2D eigenvalue weighted by Crippen LogP contribution is -2.34. The highest BCUT2D eigenvalue weighted by Gasteiger charge is 2.24. The number of halogens is 3. The number of carboxylic acids is 1. The summed E-state index contributed by atoms with van der Waals surface area (Å²) in [4.78, 5) is 18.1. The van der Waals surface area contributed by atoms with Crippen LogP contribution in [0.3, 0.4) is 0 Å². The zero-order valence-corrected chi connectivity index (χ0v) is 20.6. The minimum absolute atomic E-state index is 0.250. The number of carboxylic acid groups (broad SMARTS) is 1. The lowest BCUT2D eigenvalue weighted by Gasteiger charge is -2.34. The molecular weight excluding hydrogens is 501 g/mol. The first kappa shape index (κ1) is 22.4. The van der Waals surface area contributed by atoms with E-state index in [9.17, 15) is 4.79 Å². The Bertz CT molecular complexity index is 1130. The van der Waals surface area contributed by atoms with Crippen LogP contribution in [0.25, 0.3) is 16.7 Å². The number of pyridine rings is 1. The molecule has 1 aliphatic heterocycles. The molecule has 0 aliphatic carbocycles. The Morgan fingerprint density at radius 2 is 1.84 bits per heavy atom. The number of aliphatic carboxylic acids is 1. The minimum Gasteiger partial charge on any atom is -0.481 e. The van der Waals surface area contributed by atoms with Gasteiger partial charge < -0.3 is 10.0 Å². The Hall–Kier alpha value is -1.76. The molecule has 0 radical (unpaired) electrons. The van der Waals surface area contributed by atoms with Crippen molar-refractivity contribution in [3.8, 4) is 5.69 Å². The van der Waals surface area contributed by atoms with Gasteiger partial charge in [-0.1, -0.05) is 39.1 Å². The zero-order valence-electron chi connectivity index (χ0n) is 17.5. The monoisotopic (exact) mass is 523 g/mol. The van der Waals surface area contributed by atoms with E-state index in [2.05, 4.69) is 33.8 Å². The molecule has 1 fully saturated rings. The number of hydrogen-bond donors (Lipinski definition) is 1. The van der Waals surface area contributed by atoms with Crippen LogP contribution in [-0.4, -0.2) is 33.7 Å². The number of rotatable bonds is 5. The van der Waals surface area contributed by atoms with Gasteiger partial charge in [0.2, 0.25) is 0 Å². The maximum atomic E-state index is 10.9. The number of aryl methyl sites for hydroxylation is 2. The molecule has 3 heterocycles. The van der Waals surface area contributed by atoms with Crippen LogP contribution in [0.15, 0.2) is 28.9 Å². The molecule has 0 unspecified atom stereocenters. The number of nitrogens with zero attached hydrogens (tertiary/aromatic N) is 3. The van der Waals surface area contributed by atoms with Crippen molar-refractivity contribution in [3.05, 3.63) is 50.2 Å². The molecule has 5 nitrogen and oxygen atoms in total. The molecule has 1 aliphatic rings. The van der Waals surface area contributed by atoms with Gasteiger partial charge >= 0.3 is 5.97 Å². The van der Waals surface area contributed by atoms with Gasteiger partial charge in [0.15, 0.2) is 0 Å². The van der Waals surface area contributed by atoms with Crippen LogP contribution < -0.4 is 4.90 Å². The lowest BCUT2D eigenvalue weighted by atomic mass is 9.91. The van der Waals surface area contributed by atoms with E-state index in [1.165, 1.54) is 5.69 Å². The largest absolute Gasteiger partial charge is 0.481 e. The van der Waals surface area contributed by atoms with Gasteiger partial charge in [0.25, 0.3) is 0 Å². The number of anilines is 1. The summed E-state index contributed by atoms with van der Waals surface area (Å²) < 4.78 is 2.81. The Morgan fingerprint density at radius 1 is 1.19 bits per heavy atom. The Kier molecular flexibility index (Phi) is 6.52. The van der Waals surface area contributed by atoms with Crippen molar-refractivity contribution in [2.75, 3.05) is 18.0 Å². The highest BCUT2D eigenvalue weighted by atomic mass is 79.9. The summed E-state index contributed by atoms with van der Waals surface area (Å²) in [6.45, 7) is 5.90. The van der Waals surface area contributed by atoms with Crippen LogP contribution >= 0.6 is 39.1 Å². The first-order valence-electron chi connectivity index (χ1n) is 10.4. The SMILES string of the molecule is Cc1cc(N2CCC(CCC(=O)O)CC2)c2c(C)cn(-c3c(Cl)cc(Br)cc3Cl)c2n1. The van der Waals surface area contributed by atoms with Crippen molar-refractivity contribution < 1.29 is 9.90 Å². The number of carbonyl (C=O) groups is 1. The van der Waals surface area contributed by atoms with Crippen molar-refractivity contribution >= 4 is 61.8 Å². The molecular formula is C23H24BrCl2N3O2. The second-order valence-electron chi connectivity index (χ2n) is 8.24. The zero-order chi connectivity index (χ0) is 22.3. The van der Waals surface area contributed by atoms with Crippen LogP contribution in [0.2, 0.25) is 10.0 Å².